The summed E-state index contributed by atoms with van der Waals surface area (Å²) in [6.45, 7) is 10.5. The molecule has 0 atom stereocenters. The lowest BCUT2D eigenvalue weighted by Crippen LogP contribution is -2.15. The van der Waals surface area contributed by atoms with Gasteiger partial charge in [-0.2, -0.15) is 13.2 Å². The van der Waals surface area contributed by atoms with E-state index in [4.69, 9.17) is 0 Å². The van der Waals surface area contributed by atoms with Crippen LogP contribution >= 0.6 is 0 Å². The summed E-state index contributed by atoms with van der Waals surface area (Å²) in [5, 5.41) is 0. The zero-order valence-electron chi connectivity index (χ0n) is 17.5. The minimum Gasteiger partial charge on any atom is -0.166 e. The molecule has 3 heteroatoms. The van der Waals surface area contributed by atoms with Crippen LogP contribution in [0, 0.1) is 6.07 Å². The van der Waals surface area contributed by atoms with E-state index in [1.807, 2.05) is 24.3 Å². The van der Waals surface area contributed by atoms with Gasteiger partial charge in [0.1, 0.15) is 0 Å². The molecule has 0 aliphatic rings. The smallest absolute Gasteiger partial charge is 0.166 e. The number of benzene rings is 3. The fraction of sp³-hybridized carbons (Fsp3) is 0.308. The van der Waals surface area contributed by atoms with Crippen molar-refractivity contribution in [1.82, 2.24) is 0 Å². The molecule has 0 heterocycles. The van der Waals surface area contributed by atoms with Crippen molar-refractivity contribution in [2.75, 3.05) is 0 Å². The minimum atomic E-state index is -4.37. The first-order valence-corrected chi connectivity index (χ1v) is 9.81. The Morgan fingerprint density at radius 3 is 2.10 bits per heavy atom. The van der Waals surface area contributed by atoms with Crippen molar-refractivity contribution in [3.05, 3.63) is 83.4 Å². The molecule has 0 nitrogen and oxygen atoms in total. The molecule has 29 heavy (non-hydrogen) atoms. The summed E-state index contributed by atoms with van der Waals surface area (Å²) in [5.41, 5.74) is 4.67. The summed E-state index contributed by atoms with van der Waals surface area (Å²) >= 11 is 0. The molecule has 0 aliphatic heterocycles. The lowest BCUT2D eigenvalue weighted by atomic mass is 9.77. The predicted molar refractivity (Wildman–Crippen MR) is 114 cm³/mol. The first-order valence-electron chi connectivity index (χ1n) is 9.81. The number of rotatable bonds is 3. The standard InChI is InChI=1S/C26H26F3/c1-17(2)18-9-6-10-19(15-18)22-13-8-14-23(24(22)25(3,4)5)20-11-7-12-21(16-20)26(27,28)29/h6-12,14-17H,1-5H3. The highest BCUT2D eigenvalue weighted by atomic mass is 19.4. The maximum atomic E-state index is 13.3. The Kier molecular flexibility index (Phi) is 5.62. The van der Waals surface area contributed by atoms with E-state index in [2.05, 4.69) is 52.8 Å². The second kappa shape index (κ2) is 7.70. The fourth-order valence-corrected chi connectivity index (χ4v) is 3.66. The Hall–Kier alpha value is -2.55. The van der Waals surface area contributed by atoms with Crippen molar-refractivity contribution >= 4 is 0 Å². The van der Waals surface area contributed by atoms with Crippen molar-refractivity contribution in [3.63, 3.8) is 0 Å². The van der Waals surface area contributed by atoms with Gasteiger partial charge in [-0.15, -0.1) is 0 Å². The highest BCUT2D eigenvalue weighted by Gasteiger charge is 2.31. The molecule has 3 rings (SSSR count). The summed E-state index contributed by atoms with van der Waals surface area (Å²) in [5.74, 6) is 0.389. The average molecular weight is 395 g/mol. The van der Waals surface area contributed by atoms with Gasteiger partial charge in [-0.25, -0.2) is 0 Å². The van der Waals surface area contributed by atoms with E-state index in [-0.39, 0.29) is 5.41 Å². The highest BCUT2D eigenvalue weighted by Crippen LogP contribution is 2.41. The van der Waals surface area contributed by atoms with Gasteiger partial charge in [-0.1, -0.05) is 83.1 Å². The summed E-state index contributed by atoms with van der Waals surface area (Å²) < 4.78 is 39.8. The lowest BCUT2D eigenvalue weighted by Gasteiger charge is -2.27. The van der Waals surface area contributed by atoms with Gasteiger partial charge in [0.05, 0.1) is 5.56 Å². The van der Waals surface area contributed by atoms with E-state index in [0.29, 0.717) is 11.5 Å². The molecule has 151 valence electrons. The zero-order valence-corrected chi connectivity index (χ0v) is 17.5. The largest absolute Gasteiger partial charge is 0.416 e. The van der Waals surface area contributed by atoms with Gasteiger partial charge in [0, 0.05) is 0 Å². The Morgan fingerprint density at radius 1 is 0.828 bits per heavy atom. The van der Waals surface area contributed by atoms with Crippen LogP contribution in [0.1, 0.15) is 57.2 Å². The van der Waals surface area contributed by atoms with Crippen molar-refractivity contribution in [2.24, 2.45) is 0 Å². The summed E-state index contributed by atoms with van der Waals surface area (Å²) in [7, 11) is 0. The van der Waals surface area contributed by atoms with Gasteiger partial charge >= 0.3 is 6.18 Å². The van der Waals surface area contributed by atoms with Crippen LogP contribution in [0.3, 0.4) is 0 Å². The van der Waals surface area contributed by atoms with Gasteiger partial charge in [-0.3, -0.25) is 0 Å². The van der Waals surface area contributed by atoms with Crippen LogP contribution in [0.2, 0.25) is 0 Å². The second-order valence-corrected chi connectivity index (χ2v) is 8.75. The van der Waals surface area contributed by atoms with Crippen molar-refractivity contribution in [1.29, 1.82) is 0 Å². The first kappa shape index (κ1) is 21.2. The van der Waals surface area contributed by atoms with Crippen LogP contribution in [0.5, 0.6) is 0 Å². The minimum absolute atomic E-state index is 0.273. The zero-order chi connectivity index (χ0) is 21.4. The maximum Gasteiger partial charge on any atom is 0.416 e. The normalized spacial score (nSPS) is 12.4. The van der Waals surface area contributed by atoms with E-state index >= 15 is 0 Å². The average Bonchev–Trinajstić information content (AvgIpc) is 2.66. The van der Waals surface area contributed by atoms with Crippen LogP contribution in [-0.2, 0) is 11.6 Å². The Bertz CT molecular complexity index is 1000. The maximum absolute atomic E-state index is 13.3. The van der Waals surface area contributed by atoms with Crippen LogP contribution in [0.15, 0.2) is 60.7 Å². The Labute approximate surface area is 171 Å². The van der Waals surface area contributed by atoms with Crippen molar-refractivity contribution < 1.29 is 13.2 Å². The van der Waals surface area contributed by atoms with Gasteiger partial charge in [0.15, 0.2) is 0 Å². The molecule has 0 spiro atoms. The molecule has 0 aliphatic carbocycles. The molecular formula is C26H26F3. The molecule has 0 saturated heterocycles. The van der Waals surface area contributed by atoms with Crippen LogP contribution < -0.4 is 0 Å². The molecule has 0 aromatic heterocycles. The third-order valence-corrected chi connectivity index (χ3v) is 5.09. The Morgan fingerprint density at radius 2 is 1.48 bits per heavy atom. The molecule has 0 fully saturated rings. The summed E-state index contributed by atoms with van der Waals surface area (Å²) in [4.78, 5) is 0. The van der Waals surface area contributed by atoms with Crippen LogP contribution in [0.4, 0.5) is 13.2 Å². The number of hydrogen-bond donors (Lipinski definition) is 0. The number of alkyl halides is 3. The molecular weight excluding hydrogens is 369 g/mol. The Balaban J connectivity index is 2.26. The van der Waals surface area contributed by atoms with E-state index in [9.17, 15) is 13.2 Å². The third-order valence-electron chi connectivity index (χ3n) is 5.09. The molecule has 0 unspecified atom stereocenters. The van der Waals surface area contributed by atoms with Gasteiger partial charge in [0.2, 0.25) is 0 Å². The molecule has 0 N–H and O–H groups in total. The monoisotopic (exact) mass is 395 g/mol. The SMILES string of the molecule is CC(C)c1cccc(-c2[c]ccc(-c3cccc(C(F)(F)F)c3)c2C(C)(C)C)c1. The fourth-order valence-electron chi connectivity index (χ4n) is 3.66. The van der Waals surface area contributed by atoms with Crippen molar-refractivity contribution in [2.45, 2.75) is 52.1 Å². The van der Waals surface area contributed by atoms with Gasteiger partial charge < -0.3 is 0 Å². The molecule has 3 aromatic rings. The third kappa shape index (κ3) is 4.55. The summed E-state index contributed by atoms with van der Waals surface area (Å²) in [6, 6.07) is 20.9. The second-order valence-electron chi connectivity index (χ2n) is 8.75. The number of hydrogen-bond acceptors (Lipinski definition) is 0. The molecule has 1 radical (unpaired) electrons. The molecule has 0 saturated carbocycles. The van der Waals surface area contributed by atoms with Crippen LogP contribution in [0.25, 0.3) is 22.3 Å². The van der Waals surface area contributed by atoms with E-state index in [1.165, 1.54) is 17.7 Å². The van der Waals surface area contributed by atoms with Crippen molar-refractivity contribution in [3.8, 4) is 22.3 Å². The first-order chi connectivity index (χ1) is 13.5. The quantitative estimate of drug-likeness (QED) is 0.419. The van der Waals surface area contributed by atoms with Crippen LogP contribution in [-0.4, -0.2) is 0 Å². The van der Waals surface area contributed by atoms with E-state index in [1.54, 1.807) is 6.07 Å². The van der Waals surface area contributed by atoms with E-state index < -0.39 is 11.7 Å². The molecule has 3 aromatic carbocycles. The predicted octanol–water partition coefficient (Wildman–Crippen LogP) is 8.26. The molecule has 0 bridgehead atoms. The molecule has 0 amide bonds. The van der Waals surface area contributed by atoms with E-state index in [0.717, 1.165) is 28.3 Å². The van der Waals surface area contributed by atoms with Gasteiger partial charge in [-0.05, 0) is 62.9 Å². The topological polar surface area (TPSA) is 0 Å². The highest BCUT2D eigenvalue weighted by molar-refractivity contribution is 5.80. The van der Waals surface area contributed by atoms with Gasteiger partial charge in [0.25, 0.3) is 0 Å². The lowest BCUT2D eigenvalue weighted by molar-refractivity contribution is -0.137. The summed E-state index contributed by atoms with van der Waals surface area (Å²) in [6.07, 6.45) is -4.37. The number of halogens is 3.